The Morgan fingerprint density at radius 1 is 0.622 bits per heavy atom. The van der Waals surface area contributed by atoms with Crippen molar-refractivity contribution in [3.63, 3.8) is 0 Å². The zero-order valence-electron chi connectivity index (χ0n) is 21.2. The van der Waals surface area contributed by atoms with E-state index in [9.17, 15) is 9.59 Å². The van der Waals surface area contributed by atoms with Crippen LogP contribution < -0.4 is 10.6 Å². The largest absolute Gasteiger partial charge is 0.350 e. The van der Waals surface area contributed by atoms with Crippen molar-refractivity contribution in [2.45, 2.75) is 69.9 Å². The van der Waals surface area contributed by atoms with E-state index in [1.165, 1.54) is 32.1 Å². The minimum absolute atomic E-state index is 0.00146. The molecule has 0 radical (unpaired) electrons. The highest BCUT2D eigenvalue weighted by atomic mass is 79.9. The molecule has 2 amide bonds. The van der Waals surface area contributed by atoms with Gasteiger partial charge in [-0.15, -0.1) is 0 Å². The lowest BCUT2D eigenvalue weighted by molar-refractivity contribution is -0.118. The lowest BCUT2D eigenvalue weighted by Gasteiger charge is -2.34. The smallest absolute Gasteiger partial charge is 0.244 e. The molecular formula is C31H36Br2N2O2. The van der Waals surface area contributed by atoms with E-state index in [1.54, 1.807) is 12.2 Å². The summed E-state index contributed by atoms with van der Waals surface area (Å²) >= 11 is 6.86. The summed E-state index contributed by atoms with van der Waals surface area (Å²) in [7, 11) is 0. The van der Waals surface area contributed by atoms with E-state index in [4.69, 9.17) is 0 Å². The zero-order valence-corrected chi connectivity index (χ0v) is 24.3. The minimum Gasteiger partial charge on any atom is -0.350 e. The van der Waals surface area contributed by atoms with Crippen LogP contribution in [-0.4, -0.2) is 23.9 Å². The lowest BCUT2D eigenvalue weighted by atomic mass is 9.75. The number of carbonyl (C=O) groups excluding carboxylic acids is 2. The normalized spacial score (nSPS) is 24.3. The number of amides is 2. The van der Waals surface area contributed by atoms with Crippen LogP contribution in [0.5, 0.6) is 0 Å². The molecule has 0 saturated heterocycles. The number of hydrogen-bond acceptors (Lipinski definition) is 2. The molecule has 2 saturated carbocycles. The summed E-state index contributed by atoms with van der Waals surface area (Å²) in [5, 5.41) is 6.38. The molecule has 0 unspecified atom stereocenters. The maximum atomic E-state index is 12.3. The summed E-state index contributed by atoms with van der Waals surface area (Å²) in [5.41, 5.74) is 2.04. The molecule has 2 aromatic rings. The molecule has 0 bridgehead atoms. The van der Waals surface area contributed by atoms with Gasteiger partial charge in [-0.25, -0.2) is 0 Å². The van der Waals surface area contributed by atoms with Crippen molar-refractivity contribution in [2.75, 3.05) is 0 Å². The molecule has 0 spiro atoms. The molecule has 2 aliphatic carbocycles. The zero-order chi connectivity index (χ0) is 26.0. The SMILES string of the molecule is O=C(C=Cc1ccc(Br)cc1)NC1CCC(CC2CCC(NC(=O)C=Cc3ccc(Br)cc3)CC2)CC1. The van der Waals surface area contributed by atoms with E-state index in [0.717, 1.165) is 57.6 Å². The van der Waals surface area contributed by atoms with Crippen LogP contribution in [0.2, 0.25) is 0 Å². The van der Waals surface area contributed by atoms with Crippen molar-refractivity contribution in [3.05, 3.63) is 80.8 Å². The number of nitrogens with one attached hydrogen (secondary N) is 2. The predicted molar refractivity (Wildman–Crippen MR) is 159 cm³/mol. The minimum atomic E-state index is -0.00146. The number of carbonyl (C=O) groups is 2. The Hall–Kier alpha value is -2.18. The molecule has 2 aliphatic rings. The molecule has 4 nitrogen and oxygen atoms in total. The summed E-state index contributed by atoms with van der Waals surface area (Å²) in [6.45, 7) is 0. The molecule has 0 atom stereocenters. The molecule has 0 aliphatic heterocycles. The van der Waals surface area contributed by atoms with Gasteiger partial charge in [-0.1, -0.05) is 56.1 Å². The third kappa shape index (κ3) is 9.57. The van der Waals surface area contributed by atoms with E-state index >= 15 is 0 Å². The Kier molecular flexibility index (Phi) is 10.6. The molecule has 4 rings (SSSR count). The first-order valence-electron chi connectivity index (χ1n) is 13.4. The second-order valence-electron chi connectivity index (χ2n) is 10.5. The fourth-order valence-corrected chi connectivity index (χ4v) is 6.08. The summed E-state index contributed by atoms with van der Waals surface area (Å²) in [5.74, 6) is 1.52. The molecule has 2 aromatic carbocycles. The number of rotatable bonds is 8. The fourth-order valence-electron chi connectivity index (χ4n) is 5.55. The quantitative estimate of drug-likeness (QED) is 0.295. The molecule has 37 heavy (non-hydrogen) atoms. The van der Waals surface area contributed by atoms with Crippen LogP contribution in [-0.2, 0) is 9.59 Å². The van der Waals surface area contributed by atoms with E-state index in [2.05, 4.69) is 42.5 Å². The highest BCUT2D eigenvalue weighted by molar-refractivity contribution is 9.10. The second kappa shape index (κ2) is 14.1. The van der Waals surface area contributed by atoms with Crippen LogP contribution in [0.25, 0.3) is 12.2 Å². The van der Waals surface area contributed by atoms with Gasteiger partial charge in [-0.2, -0.15) is 0 Å². The Balaban J connectivity index is 1.10. The third-order valence-electron chi connectivity index (χ3n) is 7.65. The summed E-state index contributed by atoms with van der Waals surface area (Å²) < 4.78 is 2.07. The van der Waals surface area contributed by atoms with E-state index in [-0.39, 0.29) is 23.9 Å². The van der Waals surface area contributed by atoms with Crippen LogP contribution >= 0.6 is 31.9 Å². The number of benzene rings is 2. The molecule has 0 heterocycles. The molecule has 2 fully saturated rings. The van der Waals surface area contributed by atoms with E-state index in [1.807, 2.05) is 60.7 Å². The Morgan fingerprint density at radius 3 is 1.32 bits per heavy atom. The van der Waals surface area contributed by atoms with Gasteiger partial charge >= 0.3 is 0 Å². The first-order valence-corrected chi connectivity index (χ1v) is 15.0. The van der Waals surface area contributed by atoms with Gasteiger partial charge < -0.3 is 10.6 Å². The lowest BCUT2D eigenvalue weighted by Crippen LogP contribution is -2.38. The van der Waals surface area contributed by atoms with Gasteiger partial charge in [0.15, 0.2) is 0 Å². The third-order valence-corrected chi connectivity index (χ3v) is 8.70. The number of halogens is 2. The average Bonchev–Trinajstić information content (AvgIpc) is 2.90. The fraction of sp³-hybridized carbons (Fsp3) is 0.419. The van der Waals surface area contributed by atoms with Crippen molar-refractivity contribution in [1.29, 1.82) is 0 Å². The topological polar surface area (TPSA) is 58.2 Å². The summed E-state index contributed by atoms with van der Waals surface area (Å²) in [4.78, 5) is 24.7. The Labute approximate surface area is 237 Å². The van der Waals surface area contributed by atoms with Crippen molar-refractivity contribution in [3.8, 4) is 0 Å². The summed E-state index contributed by atoms with van der Waals surface area (Å²) in [6.07, 6.45) is 17.3. The van der Waals surface area contributed by atoms with E-state index < -0.39 is 0 Å². The molecule has 2 N–H and O–H groups in total. The van der Waals surface area contributed by atoms with Gasteiger partial charge in [0.25, 0.3) is 0 Å². The van der Waals surface area contributed by atoms with Gasteiger partial charge in [0, 0.05) is 33.2 Å². The Bertz CT molecular complexity index is 992. The molecule has 0 aromatic heterocycles. The first-order chi connectivity index (χ1) is 17.9. The van der Waals surface area contributed by atoms with Crippen LogP contribution in [0.3, 0.4) is 0 Å². The monoisotopic (exact) mass is 626 g/mol. The molecule has 196 valence electrons. The van der Waals surface area contributed by atoms with Gasteiger partial charge in [-0.3, -0.25) is 9.59 Å². The van der Waals surface area contributed by atoms with Crippen molar-refractivity contribution in [1.82, 2.24) is 10.6 Å². The standard InChI is InChI=1S/C31H36Br2N2O2/c32-26-11-1-22(2-12-26)9-19-30(36)34-28-15-5-24(6-16-28)21-25-7-17-29(18-8-25)35-31(37)20-10-23-3-13-27(33)14-4-23/h1-4,9-14,19-20,24-25,28-29H,5-8,15-18,21H2,(H,34,36)(H,35,37). The maximum Gasteiger partial charge on any atom is 0.244 e. The Morgan fingerprint density at radius 2 is 0.973 bits per heavy atom. The maximum absolute atomic E-state index is 12.3. The van der Waals surface area contributed by atoms with Gasteiger partial charge in [-0.05, 0) is 117 Å². The summed E-state index contributed by atoms with van der Waals surface area (Å²) in [6, 6.07) is 16.4. The van der Waals surface area contributed by atoms with Gasteiger partial charge in [0.05, 0.1) is 0 Å². The molecule has 6 heteroatoms. The highest BCUT2D eigenvalue weighted by Gasteiger charge is 2.27. The number of hydrogen-bond donors (Lipinski definition) is 2. The average molecular weight is 628 g/mol. The van der Waals surface area contributed by atoms with Crippen LogP contribution in [0, 0.1) is 11.8 Å². The van der Waals surface area contributed by atoms with Gasteiger partial charge in [0.1, 0.15) is 0 Å². The van der Waals surface area contributed by atoms with Crippen LogP contribution in [0.15, 0.2) is 69.6 Å². The van der Waals surface area contributed by atoms with E-state index in [0.29, 0.717) is 0 Å². The van der Waals surface area contributed by atoms with Crippen molar-refractivity contribution in [2.24, 2.45) is 11.8 Å². The second-order valence-corrected chi connectivity index (χ2v) is 12.3. The predicted octanol–water partition coefficient (Wildman–Crippen LogP) is 7.68. The van der Waals surface area contributed by atoms with Crippen molar-refractivity contribution < 1.29 is 9.59 Å². The van der Waals surface area contributed by atoms with Gasteiger partial charge in [0.2, 0.25) is 11.8 Å². The van der Waals surface area contributed by atoms with Crippen LogP contribution in [0.1, 0.15) is 68.9 Å². The highest BCUT2D eigenvalue weighted by Crippen LogP contribution is 2.35. The molecular weight excluding hydrogens is 592 g/mol. The van der Waals surface area contributed by atoms with Crippen molar-refractivity contribution >= 4 is 55.8 Å². The first kappa shape index (κ1) is 27.8. The van der Waals surface area contributed by atoms with Crippen LogP contribution in [0.4, 0.5) is 0 Å².